The fourth-order valence-corrected chi connectivity index (χ4v) is 3.57. The largest absolute Gasteiger partial charge is 0.339 e. The molecule has 2 aliphatic rings. The number of carbonyl (C=O) groups excluding carboxylic acids is 2. The number of nitrogens with zero attached hydrogens (tertiary/aromatic N) is 2. The Bertz CT molecular complexity index is 563. The van der Waals surface area contributed by atoms with E-state index >= 15 is 0 Å². The normalized spacial score (nSPS) is 19.7. The maximum atomic E-state index is 12.5. The first-order chi connectivity index (χ1) is 11.6. The molecule has 1 N–H and O–H groups in total. The Balaban J connectivity index is 1.53. The third-order valence-electron chi connectivity index (χ3n) is 5.33. The average molecular weight is 329 g/mol. The van der Waals surface area contributed by atoms with Gasteiger partial charge in [-0.1, -0.05) is 36.8 Å². The van der Waals surface area contributed by atoms with Gasteiger partial charge in [0.2, 0.25) is 11.8 Å². The smallest absolute Gasteiger partial charge is 0.236 e. The SMILES string of the molecule is CC(=O)N1CCN(C(=O)CNC(c2ccccc2)C2CCC2)CC1. The van der Waals surface area contributed by atoms with Gasteiger partial charge < -0.3 is 15.1 Å². The molecule has 3 rings (SSSR count). The van der Waals surface area contributed by atoms with Crippen molar-refractivity contribution in [3.05, 3.63) is 35.9 Å². The minimum atomic E-state index is 0.0920. The summed E-state index contributed by atoms with van der Waals surface area (Å²) in [7, 11) is 0. The number of nitrogens with one attached hydrogen (secondary N) is 1. The van der Waals surface area contributed by atoms with E-state index in [0.717, 1.165) is 0 Å². The molecule has 1 aromatic carbocycles. The monoisotopic (exact) mass is 329 g/mol. The summed E-state index contributed by atoms with van der Waals surface area (Å²) in [5.74, 6) is 0.863. The van der Waals surface area contributed by atoms with Crippen molar-refractivity contribution in [3.63, 3.8) is 0 Å². The third kappa shape index (κ3) is 3.96. The predicted molar refractivity (Wildman–Crippen MR) is 93.4 cm³/mol. The zero-order valence-electron chi connectivity index (χ0n) is 14.4. The van der Waals surface area contributed by atoms with E-state index in [2.05, 4.69) is 29.6 Å². The Morgan fingerprint density at radius 1 is 1.08 bits per heavy atom. The highest BCUT2D eigenvalue weighted by molar-refractivity contribution is 5.79. The molecule has 1 atom stereocenters. The van der Waals surface area contributed by atoms with Crippen molar-refractivity contribution in [2.45, 2.75) is 32.2 Å². The molecule has 1 saturated heterocycles. The van der Waals surface area contributed by atoms with E-state index in [0.29, 0.717) is 38.6 Å². The number of piperazine rings is 1. The number of hydrogen-bond donors (Lipinski definition) is 1. The van der Waals surface area contributed by atoms with Crippen LogP contribution in [0.5, 0.6) is 0 Å². The maximum Gasteiger partial charge on any atom is 0.236 e. The van der Waals surface area contributed by atoms with Crippen LogP contribution in [-0.4, -0.2) is 54.3 Å². The fraction of sp³-hybridized carbons (Fsp3) is 0.579. The standard InChI is InChI=1S/C19H27N3O2/c1-15(23)21-10-12-22(13-11-21)18(24)14-20-19(17-8-5-9-17)16-6-3-2-4-7-16/h2-4,6-7,17,19-20H,5,8-14H2,1H3. The number of hydrogen-bond acceptors (Lipinski definition) is 3. The Morgan fingerprint density at radius 3 is 2.25 bits per heavy atom. The van der Waals surface area contributed by atoms with E-state index < -0.39 is 0 Å². The molecule has 130 valence electrons. The molecule has 1 aliphatic carbocycles. The highest BCUT2D eigenvalue weighted by Gasteiger charge is 2.29. The van der Waals surface area contributed by atoms with Crippen molar-refractivity contribution >= 4 is 11.8 Å². The van der Waals surface area contributed by atoms with Gasteiger partial charge in [0.05, 0.1) is 6.54 Å². The molecule has 1 heterocycles. The molecule has 24 heavy (non-hydrogen) atoms. The van der Waals surface area contributed by atoms with Gasteiger partial charge in [0.1, 0.15) is 0 Å². The second-order valence-electron chi connectivity index (χ2n) is 6.85. The van der Waals surface area contributed by atoms with Gasteiger partial charge in [0, 0.05) is 39.1 Å². The van der Waals surface area contributed by atoms with Crippen LogP contribution in [0, 0.1) is 5.92 Å². The summed E-state index contributed by atoms with van der Waals surface area (Å²) in [6.07, 6.45) is 3.76. The lowest BCUT2D eigenvalue weighted by molar-refractivity contribution is -0.138. The lowest BCUT2D eigenvalue weighted by Gasteiger charge is -2.37. The van der Waals surface area contributed by atoms with Crippen molar-refractivity contribution in [2.24, 2.45) is 5.92 Å². The summed E-state index contributed by atoms with van der Waals surface area (Å²) in [5, 5.41) is 3.50. The average Bonchev–Trinajstić information content (AvgIpc) is 2.57. The van der Waals surface area contributed by atoms with E-state index in [4.69, 9.17) is 0 Å². The second-order valence-corrected chi connectivity index (χ2v) is 6.85. The topological polar surface area (TPSA) is 52.7 Å². The highest BCUT2D eigenvalue weighted by Crippen LogP contribution is 2.37. The van der Waals surface area contributed by atoms with Gasteiger partial charge >= 0.3 is 0 Å². The molecule has 0 radical (unpaired) electrons. The van der Waals surface area contributed by atoms with Crippen LogP contribution in [0.1, 0.15) is 37.8 Å². The van der Waals surface area contributed by atoms with Crippen LogP contribution in [0.15, 0.2) is 30.3 Å². The van der Waals surface area contributed by atoms with Gasteiger partial charge in [-0.15, -0.1) is 0 Å². The van der Waals surface area contributed by atoms with Crippen LogP contribution in [0.2, 0.25) is 0 Å². The summed E-state index contributed by atoms with van der Waals surface area (Å²) in [6, 6.07) is 10.7. The van der Waals surface area contributed by atoms with Crippen LogP contribution in [0.25, 0.3) is 0 Å². The third-order valence-corrected chi connectivity index (χ3v) is 5.33. The maximum absolute atomic E-state index is 12.5. The Kier molecular flexibility index (Phi) is 5.51. The number of benzene rings is 1. The van der Waals surface area contributed by atoms with Crippen molar-refractivity contribution in [3.8, 4) is 0 Å². The Labute approximate surface area is 144 Å². The lowest BCUT2D eigenvalue weighted by atomic mass is 9.77. The zero-order chi connectivity index (χ0) is 16.9. The molecule has 2 amide bonds. The molecule has 1 unspecified atom stereocenters. The van der Waals surface area contributed by atoms with Crippen molar-refractivity contribution in [1.29, 1.82) is 0 Å². The number of rotatable bonds is 5. The first-order valence-corrected chi connectivity index (χ1v) is 8.97. The molecule has 0 spiro atoms. The quantitative estimate of drug-likeness (QED) is 0.896. The molecule has 5 heteroatoms. The minimum absolute atomic E-state index is 0.0920. The van der Waals surface area contributed by atoms with Gasteiger partial charge in [-0.05, 0) is 24.3 Å². The molecular weight excluding hydrogens is 302 g/mol. The molecular formula is C19H27N3O2. The zero-order valence-corrected chi connectivity index (χ0v) is 14.4. The molecule has 0 bridgehead atoms. The van der Waals surface area contributed by atoms with Gasteiger partial charge in [-0.2, -0.15) is 0 Å². The summed E-state index contributed by atoms with van der Waals surface area (Å²) in [5.41, 5.74) is 1.27. The van der Waals surface area contributed by atoms with E-state index in [-0.39, 0.29) is 17.9 Å². The minimum Gasteiger partial charge on any atom is -0.339 e. The van der Waals surface area contributed by atoms with Crippen LogP contribution in [-0.2, 0) is 9.59 Å². The fourth-order valence-electron chi connectivity index (χ4n) is 3.57. The van der Waals surface area contributed by atoms with Gasteiger partial charge in [-0.25, -0.2) is 0 Å². The summed E-state index contributed by atoms with van der Waals surface area (Å²) < 4.78 is 0. The summed E-state index contributed by atoms with van der Waals surface area (Å²) in [4.78, 5) is 27.5. The van der Waals surface area contributed by atoms with E-state index in [1.165, 1.54) is 24.8 Å². The molecule has 0 aromatic heterocycles. The summed E-state index contributed by atoms with van der Waals surface area (Å²) in [6.45, 7) is 4.52. The molecule has 5 nitrogen and oxygen atoms in total. The second kappa shape index (κ2) is 7.79. The van der Waals surface area contributed by atoms with Crippen LogP contribution >= 0.6 is 0 Å². The molecule has 1 aliphatic heterocycles. The van der Waals surface area contributed by atoms with Crippen molar-refractivity contribution < 1.29 is 9.59 Å². The van der Waals surface area contributed by atoms with E-state index in [1.807, 2.05) is 11.0 Å². The number of amides is 2. The Morgan fingerprint density at radius 2 is 1.71 bits per heavy atom. The number of carbonyl (C=O) groups is 2. The predicted octanol–water partition coefficient (Wildman–Crippen LogP) is 1.81. The van der Waals surface area contributed by atoms with Gasteiger partial charge in [0.15, 0.2) is 0 Å². The van der Waals surface area contributed by atoms with Crippen LogP contribution in [0.3, 0.4) is 0 Å². The lowest BCUT2D eigenvalue weighted by Crippen LogP contribution is -2.52. The van der Waals surface area contributed by atoms with Crippen LogP contribution in [0.4, 0.5) is 0 Å². The summed E-state index contributed by atoms with van der Waals surface area (Å²) >= 11 is 0. The van der Waals surface area contributed by atoms with E-state index in [9.17, 15) is 9.59 Å². The highest BCUT2D eigenvalue weighted by atomic mass is 16.2. The van der Waals surface area contributed by atoms with Crippen LogP contribution < -0.4 is 5.32 Å². The first kappa shape index (κ1) is 17.0. The molecule has 1 aromatic rings. The van der Waals surface area contributed by atoms with Gasteiger partial charge in [0.25, 0.3) is 0 Å². The van der Waals surface area contributed by atoms with Crippen molar-refractivity contribution in [1.82, 2.24) is 15.1 Å². The molecule has 2 fully saturated rings. The van der Waals surface area contributed by atoms with Crippen molar-refractivity contribution in [2.75, 3.05) is 32.7 Å². The Hall–Kier alpha value is -1.88. The van der Waals surface area contributed by atoms with E-state index in [1.54, 1.807) is 11.8 Å². The molecule has 1 saturated carbocycles. The van der Waals surface area contributed by atoms with Gasteiger partial charge in [-0.3, -0.25) is 9.59 Å². The first-order valence-electron chi connectivity index (χ1n) is 8.97.